The van der Waals surface area contributed by atoms with Crippen LogP contribution in [0.25, 0.3) is 10.9 Å². The summed E-state index contributed by atoms with van der Waals surface area (Å²) in [6.45, 7) is 5.75. The minimum atomic E-state index is -0.198. The molecular formula is C21H22N2O2. The van der Waals surface area contributed by atoms with Crippen LogP contribution in [0.3, 0.4) is 0 Å². The number of aryl methyl sites for hydroxylation is 1. The van der Waals surface area contributed by atoms with Gasteiger partial charge in [0, 0.05) is 16.6 Å². The molecular weight excluding hydrogens is 312 g/mol. The summed E-state index contributed by atoms with van der Waals surface area (Å²) in [5.74, 6) is -0.241. The van der Waals surface area contributed by atoms with Crippen molar-refractivity contribution in [2.75, 3.05) is 5.32 Å². The van der Waals surface area contributed by atoms with Gasteiger partial charge in [-0.15, -0.1) is 0 Å². The number of pyridine rings is 1. The van der Waals surface area contributed by atoms with Crippen molar-refractivity contribution >= 4 is 22.5 Å². The highest BCUT2D eigenvalue weighted by atomic mass is 16.2. The van der Waals surface area contributed by atoms with Crippen LogP contribution in [0.2, 0.25) is 0 Å². The lowest BCUT2D eigenvalue weighted by Crippen LogP contribution is -2.20. The first-order valence-corrected chi connectivity index (χ1v) is 8.50. The molecule has 0 bridgehead atoms. The molecule has 25 heavy (non-hydrogen) atoms. The first-order valence-electron chi connectivity index (χ1n) is 8.50. The van der Waals surface area contributed by atoms with Crippen LogP contribution in [0.15, 0.2) is 53.3 Å². The standard InChI is InChI=1S/C21H22N2O2/c1-4-17(15-8-6-5-7-9-15)21(25)22-16-10-11-18-13(2)14(3)20(24)23-19(18)12-16/h5-12,17H,4H2,1-3H3,(H,22,25)(H,23,24). The molecule has 0 radical (unpaired) electrons. The molecule has 0 aliphatic rings. The zero-order chi connectivity index (χ0) is 18.0. The van der Waals surface area contributed by atoms with Gasteiger partial charge in [-0.05, 0) is 43.5 Å². The second kappa shape index (κ2) is 6.93. The van der Waals surface area contributed by atoms with Crippen LogP contribution in [0.1, 0.15) is 36.0 Å². The highest BCUT2D eigenvalue weighted by molar-refractivity contribution is 5.97. The Morgan fingerprint density at radius 2 is 1.80 bits per heavy atom. The van der Waals surface area contributed by atoms with Crippen molar-refractivity contribution in [2.45, 2.75) is 33.1 Å². The summed E-state index contributed by atoms with van der Waals surface area (Å²) >= 11 is 0. The Balaban J connectivity index is 1.91. The molecule has 0 spiro atoms. The second-order valence-electron chi connectivity index (χ2n) is 6.33. The fraction of sp³-hybridized carbons (Fsp3) is 0.238. The summed E-state index contributed by atoms with van der Waals surface area (Å²) in [5, 5.41) is 3.97. The van der Waals surface area contributed by atoms with Gasteiger partial charge in [0.05, 0.1) is 11.4 Å². The number of benzene rings is 2. The predicted molar refractivity (Wildman–Crippen MR) is 102 cm³/mol. The number of hydrogen-bond donors (Lipinski definition) is 2. The molecule has 2 N–H and O–H groups in total. The first-order chi connectivity index (χ1) is 12.0. The van der Waals surface area contributed by atoms with Gasteiger partial charge in [0.15, 0.2) is 0 Å². The SMILES string of the molecule is CCC(C(=O)Nc1ccc2c(C)c(C)c(=O)[nH]c2c1)c1ccccc1. The monoisotopic (exact) mass is 334 g/mol. The molecule has 128 valence electrons. The maximum absolute atomic E-state index is 12.7. The molecule has 0 aliphatic carbocycles. The molecule has 1 atom stereocenters. The van der Waals surface area contributed by atoms with Crippen LogP contribution >= 0.6 is 0 Å². The normalized spacial score (nSPS) is 12.1. The Bertz CT molecular complexity index is 974. The van der Waals surface area contributed by atoms with Crippen molar-refractivity contribution < 1.29 is 4.79 Å². The van der Waals surface area contributed by atoms with Gasteiger partial charge in [0.2, 0.25) is 5.91 Å². The second-order valence-corrected chi connectivity index (χ2v) is 6.33. The van der Waals surface area contributed by atoms with Crippen LogP contribution < -0.4 is 10.9 Å². The van der Waals surface area contributed by atoms with Crippen LogP contribution in [0.4, 0.5) is 5.69 Å². The maximum atomic E-state index is 12.7. The average molecular weight is 334 g/mol. The van der Waals surface area contributed by atoms with E-state index in [1.807, 2.05) is 69.3 Å². The topological polar surface area (TPSA) is 62.0 Å². The van der Waals surface area contributed by atoms with E-state index < -0.39 is 0 Å². The molecule has 1 unspecified atom stereocenters. The van der Waals surface area contributed by atoms with E-state index in [1.165, 1.54) is 0 Å². The average Bonchev–Trinajstić information content (AvgIpc) is 2.61. The number of aromatic amines is 1. The molecule has 1 amide bonds. The minimum absolute atomic E-state index is 0.0424. The Hall–Kier alpha value is -2.88. The summed E-state index contributed by atoms with van der Waals surface area (Å²) in [6, 6.07) is 15.4. The molecule has 1 aromatic heterocycles. The molecule has 3 rings (SSSR count). The van der Waals surface area contributed by atoms with Gasteiger partial charge in [0.1, 0.15) is 0 Å². The maximum Gasteiger partial charge on any atom is 0.251 e. The Kier molecular flexibility index (Phi) is 4.70. The number of carbonyl (C=O) groups excluding carboxylic acids is 1. The third-order valence-electron chi connectivity index (χ3n) is 4.77. The van der Waals surface area contributed by atoms with Gasteiger partial charge in [-0.3, -0.25) is 9.59 Å². The minimum Gasteiger partial charge on any atom is -0.325 e. The van der Waals surface area contributed by atoms with E-state index in [9.17, 15) is 9.59 Å². The van der Waals surface area contributed by atoms with Gasteiger partial charge in [-0.1, -0.05) is 43.3 Å². The van der Waals surface area contributed by atoms with Crippen molar-refractivity contribution in [3.8, 4) is 0 Å². The molecule has 0 fully saturated rings. The number of amides is 1. The lowest BCUT2D eigenvalue weighted by molar-refractivity contribution is -0.117. The zero-order valence-corrected chi connectivity index (χ0v) is 14.7. The first kappa shape index (κ1) is 17.0. The molecule has 1 heterocycles. The lowest BCUT2D eigenvalue weighted by Gasteiger charge is -2.16. The molecule has 3 aromatic rings. The predicted octanol–water partition coefficient (Wildman–Crippen LogP) is 4.28. The third kappa shape index (κ3) is 3.33. The number of fused-ring (bicyclic) bond motifs is 1. The summed E-state index contributed by atoms with van der Waals surface area (Å²) in [7, 11) is 0. The van der Waals surface area contributed by atoms with Crippen molar-refractivity contribution in [3.05, 3.63) is 75.6 Å². The fourth-order valence-corrected chi connectivity index (χ4v) is 3.13. The number of aromatic nitrogens is 1. The van der Waals surface area contributed by atoms with Crippen molar-refractivity contribution in [1.82, 2.24) is 4.98 Å². The van der Waals surface area contributed by atoms with Gasteiger partial charge >= 0.3 is 0 Å². The van der Waals surface area contributed by atoms with E-state index in [2.05, 4.69) is 10.3 Å². The van der Waals surface area contributed by atoms with E-state index in [0.717, 1.165) is 34.0 Å². The molecule has 0 saturated heterocycles. The van der Waals surface area contributed by atoms with Crippen molar-refractivity contribution in [3.63, 3.8) is 0 Å². The number of anilines is 1. The number of nitrogens with one attached hydrogen (secondary N) is 2. The summed E-state index contributed by atoms with van der Waals surface area (Å²) < 4.78 is 0. The fourth-order valence-electron chi connectivity index (χ4n) is 3.13. The van der Waals surface area contributed by atoms with Crippen LogP contribution in [0.5, 0.6) is 0 Å². The van der Waals surface area contributed by atoms with Gasteiger partial charge < -0.3 is 10.3 Å². The molecule has 4 heteroatoms. The van der Waals surface area contributed by atoms with Crippen LogP contribution in [0, 0.1) is 13.8 Å². The number of carbonyl (C=O) groups is 1. The van der Waals surface area contributed by atoms with Crippen LogP contribution in [-0.4, -0.2) is 10.9 Å². The quantitative estimate of drug-likeness (QED) is 0.748. The molecule has 4 nitrogen and oxygen atoms in total. The van der Waals surface area contributed by atoms with E-state index >= 15 is 0 Å². The van der Waals surface area contributed by atoms with E-state index in [-0.39, 0.29) is 17.4 Å². The Labute approximate surface area is 146 Å². The number of hydrogen-bond acceptors (Lipinski definition) is 2. The van der Waals surface area contributed by atoms with Crippen molar-refractivity contribution in [1.29, 1.82) is 0 Å². The van der Waals surface area contributed by atoms with Crippen molar-refractivity contribution in [2.24, 2.45) is 0 Å². The van der Waals surface area contributed by atoms with Gasteiger partial charge in [0.25, 0.3) is 5.56 Å². The summed E-state index contributed by atoms with van der Waals surface area (Å²) in [4.78, 5) is 27.5. The molecule has 2 aromatic carbocycles. The highest BCUT2D eigenvalue weighted by Crippen LogP contribution is 2.24. The number of rotatable bonds is 4. The molecule has 0 aliphatic heterocycles. The highest BCUT2D eigenvalue weighted by Gasteiger charge is 2.18. The van der Waals surface area contributed by atoms with Crippen LogP contribution in [-0.2, 0) is 4.79 Å². The van der Waals surface area contributed by atoms with E-state index in [4.69, 9.17) is 0 Å². The van der Waals surface area contributed by atoms with E-state index in [1.54, 1.807) is 0 Å². The lowest BCUT2D eigenvalue weighted by atomic mass is 9.95. The summed E-state index contributed by atoms with van der Waals surface area (Å²) in [6.07, 6.45) is 0.721. The summed E-state index contributed by atoms with van der Waals surface area (Å²) in [5.41, 5.74) is 4.02. The van der Waals surface area contributed by atoms with Gasteiger partial charge in [-0.2, -0.15) is 0 Å². The van der Waals surface area contributed by atoms with E-state index in [0.29, 0.717) is 5.69 Å². The Morgan fingerprint density at radius 3 is 2.48 bits per heavy atom. The third-order valence-corrected chi connectivity index (χ3v) is 4.77. The van der Waals surface area contributed by atoms with Gasteiger partial charge in [-0.25, -0.2) is 0 Å². The Morgan fingerprint density at radius 1 is 1.08 bits per heavy atom. The zero-order valence-electron chi connectivity index (χ0n) is 14.7. The smallest absolute Gasteiger partial charge is 0.251 e. The molecule has 0 saturated carbocycles. The largest absolute Gasteiger partial charge is 0.325 e. The number of H-pyrrole nitrogens is 1.